The van der Waals surface area contributed by atoms with Crippen LogP contribution in [0.15, 0.2) is 41.3 Å². The second-order valence-electron chi connectivity index (χ2n) is 7.75. The summed E-state index contributed by atoms with van der Waals surface area (Å²) in [6.45, 7) is 5.32. The third kappa shape index (κ3) is 5.66. The Hall–Kier alpha value is -2.36. The minimum atomic E-state index is -3.59. The first-order chi connectivity index (χ1) is 14.7. The van der Waals surface area contributed by atoms with Gasteiger partial charge in [-0.05, 0) is 49.6 Å². The number of carbonyl (C=O) groups excluding carboxylic acids is 1. The van der Waals surface area contributed by atoms with E-state index in [1.54, 1.807) is 19.1 Å². The first-order valence-electron chi connectivity index (χ1n) is 10.2. The molecule has 3 rings (SSSR count). The van der Waals surface area contributed by atoms with Crippen molar-refractivity contribution in [3.05, 3.63) is 64.7 Å². The maximum absolute atomic E-state index is 13.6. The van der Waals surface area contributed by atoms with Gasteiger partial charge in [0.2, 0.25) is 15.9 Å². The normalized spacial score (nSPS) is 15.7. The van der Waals surface area contributed by atoms with Crippen molar-refractivity contribution in [3.8, 4) is 0 Å². The molecule has 1 aliphatic heterocycles. The Morgan fingerprint density at radius 3 is 2.32 bits per heavy atom. The van der Waals surface area contributed by atoms with Gasteiger partial charge in [-0.2, -0.15) is 4.31 Å². The van der Waals surface area contributed by atoms with Crippen LogP contribution in [0.25, 0.3) is 0 Å². The Balaban J connectivity index is 1.48. The van der Waals surface area contributed by atoms with Crippen molar-refractivity contribution in [2.75, 3.05) is 39.3 Å². The molecule has 1 N–H and O–H groups in total. The number of sulfonamides is 1. The van der Waals surface area contributed by atoms with Gasteiger partial charge in [0, 0.05) is 38.3 Å². The monoisotopic (exact) mass is 451 g/mol. The molecule has 0 radical (unpaired) electrons. The molecule has 31 heavy (non-hydrogen) atoms. The van der Waals surface area contributed by atoms with Gasteiger partial charge in [-0.1, -0.05) is 18.2 Å². The summed E-state index contributed by atoms with van der Waals surface area (Å²) in [6.07, 6.45) is 0.0616. The Labute approximate surface area is 181 Å². The van der Waals surface area contributed by atoms with E-state index >= 15 is 0 Å². The summed E-state index contributed by atoms with van der Waals surface area (Å²) in [4.78, 5) is 14.4. The number of hydrogen-bond donors (Lipinski definition) is 1. The van der Waals surface area contributed by atoms with E-state index in [0.29, 0.717) is 36.6 Å². The molecule has 168 valence electrons. The second-order valence-corrected chi connectivity index (χ2v) is 9.66. The molecule has 1 heterocycles. The molecule has 2 aromatic rings. The number of carbonyl (C=O) groups is 1. The summed E-state index contributed by atoms with van der Waals surface area (Å²) in [5.41, 5.74) is 1.54. The largest absolute Gasteiger partial charge is 0.355 e. The van der Waals surface area contributed by atoms with Crippen molar-refractivity contribution in [3.63, 3.8) is 0 Å². The molecule has 2 aromatic carbocycles. The summed E-state index contributed by atoms with van der Waals surface area (Å²) in [5, 5.41) is 2.67. The zero-order chi connectivity index (χ0) is 22.6. The Bertz CT molecular complexity index is 1030. The summed E-state index contributed by atoms with van der Waals surface area (Å²) in [6, 6.07) is 9.04. The maximum atomic E-state index is 13.6. The van der Waals surface area contributed by atoms with Crippen molar-refractivity contribution in [2.24, 2.45) is 0 Å². The topological polar surface area (TPSA) is 69.7 Å². The lowest BCUT2D eigenvalue weighted by atomic mass is 10.1. The molecule has 1 saturated heterocycles. The van der Waals surface area contributed by atoms with E-state index in [1.807, 2.05) is 17.9 Å². The van der Waals surface area contributed by atoms with Gasteiger partial charge >= 0.3 is 0 Å². The number of piperazine rings is 1. The van der Waals surface area contributed by atoms with E-state index in [1.165, 1.54) is 22.5 Å². The van der Waals surface area contributed by atoms with Crippen molar-refractivity contribution in [1.82, 2.24) is 14.5 Å². The van der Waals surface area contributed by atoms with Crippen LogP contribution in [0.2, 0.25) is 0 Å². The first kappa shape index (κ1) is 23.3. The molecule has 0 spiro atoms. The quantitative estimate of drug-likeness (QED) is 0.701. The second kappa shape index (κ2) is 9.84. The van der Waals surface area contributed by atoms with Crippen LogP contribution >= 0.6 is 0 Å². The van der Waals surface area contributed by atoms with Gasteiger partial charge < -0.3 is 5.32 Å². The number of aryl methyl sites for hydroxylation is 2. The molecule has 1 amide bonds. The highest BCUT2D eigenvalue weighted by Gasteiger charge is 2.30. The predicted molar refractivity (Wildman–Crippen MR) is 114 cm³/mol. The fraction of sp³-hybridized carbons (Fsp3) is 0.409. The molecule has 0 unspecified atom stereocenters. The molecular formula is C22H27F2N3O3S. The van der Waals surface area contributed by atoms with Crippen molar-refractivity contribution < 1.29 is 22.0 Å². The molecule has 0 bridgehead atoms. The number of amides is 1. The molecule has 6 nitrogen and oxygen atoms in total. The Morgan fingerprint density at radius 2 is 1.68 bits per heavy atom. The van der Waals surface area contributed by atoms with Gasteiger partial charge in [0.25, 0.3) is 0 Å². The molecule has 0 atom stereocenters. The van der Waals surface area contributed by atoms with Crippen molar-refractivity contribution >= 4 is 15.9 Å². The highest BCUT2D eigenvalue weighted by Crippen LogP contribution is 2.22. The average molecular weight is 452 g/mol. The summed E-state index contributed by atoms with van der Waals surface area (Å²) >= 11 is 0. The fourth-order valence-corrected chi connectivity index (χ4v) is 5.34. The van der Waals surface area contributed by atoms with Crippen LogP contribution in [0.1, 0.15) is 16.7 Å². The standard InChI is InChI=1S/C22H27F2N3O3S/c1-16-6-7-17(2)21(14-16)31(29,30)27-12-10-26(11-13-27)15-22(28)25-9-8-18-19(23)4-3-5-20(18)24/h3-7,14H,8-13,15H2,1-2H3,(H,25,28). The SMILES string of the molecule is Cc1ccc(C)c(S(=O)(=O)N2CCN(CC(=O)NCCc3c(F)cccc3F)CC2)c1. The van der Waals surface area contributed by atoms with E-state index in [0.717, 1.165) is 5.56 Å². The third-order valence-corrected chi connectivity index (χ3v) is 7.46. The molecule has 1 aliphatic rings. The van der Waals surface area contributed by atoms with Gasteiger partial charge in [0.15, 0.2) is 0 Å². The van der Waals surface area contributed by atoms with Crippen LogP contribution in [0.5, 0.6) is 0 Å². The lowest BCUT2D eigenvalue weighted by Crippen LogP contribution is -2.51. The minimum absolute atomic E-state index is 0.0481. The summed E-state index contributed by atoms with van der Waals surface area (Å²) < 4.78 is 54.7. The number of hydrogen-bond acceptors (Lipinski definition) is 4. The number of halogens is 2. The van der Waals surface area contributed by atoms with Gasteiger partial charge in [-0.3, -0.25) is 9.69 Å². The molecule has 9 heteroatoms. The van der Waals surface area contributed by atoms with Gasteiger partial charge in [0.05, 0.1) is 11.4 Å². The first-order valence-corrected chi connectivity index (χ1v) is 11.6. The zero-order valence-corrected chi connectivity index (χ0v) is 18.5. The minimum Gasteiger partial charge on any atom is -0.355 e. The molecule has 1 fully saturated rings. The van der Waals surface area contributed by atoms with Crippen LogP contribution < -0.4 is 5.32 Å². The highest BCUT2D eigenvalue weighted by atomic mass is 32.2. The van der Waals surface area contributed by atoms with Crippen LogP contribution in [0.3, 0.4) is 0 Å². The predicted octanol–water partition coefficient (Wildman–Crippen LogP) is 2.25. The molecular weight excluding hydrogens is 424 g/mol. The van der Waals surface area contributed by atoms with Gasteiger partial charge in [0.1, 0.15) is 11.6 Å². The fourth-order valence-electron chi connectivity index (χ4n) is 3.61. The number of rotatable bonds is 7. The number of nitrogens with zero attached hydrogens (tertiary/aromatic N) is 2. The molecule has 0 aromatic heterocycles. The van der Waals surface area contributed by atoms with E-state index in [-0.39, 0.29) is 31.0 Å². The average Bonchev–Trinajstić information content (AvgIpc) is 2.72. The van der Waals surface area contributed by atoms with Gasteiger partial charge in [-0.25, -0.2) is 17.2 Å². The smallest absolute Gasteiger partial charge is 0.243 e. The number of nitrogens with one attached hydrogen (secondary N) is 1. The lowest BCUT2D eigenvalue weighted by Gasteiger charge is -2.33. The Morgan fingerprint density at radius 1 is 1.03 bits per heavy atom. The zero-order valence-electron chi connectivity index (χ0n) is 17.7. The molecule has 0 saturated carbocycles. The van der Waals surface area contributed by atoms with Gasteiger partial charge in [-0.15, -0.1) is 0 Å². The molecule has 0 aliphatic carbocycles. The summed E-state index contributed by atoms with van der Waals surface area (Å²) in [5.74, 6) is -1.52. The Kier molecular flexibility index (Phi) is 7.40. The van der Waals surface area contributed by atoms with E-state index in [2.05, 4.69) is 5.32 Å². The third-order valence-electron chi connectivity index (χ3n) is 5.42. The van der Waals surface area contributed by atoms with Crippen LogP contribution in [-0.4, -0.2) is 62.8 Å². The van der Waals surface area contributed by atoms with E-state index in [9.17, 15) is 22.0 Å². The summed E-state index contributed by atoms with van der Waals surface area (Å²) in [7, 11) is -3.59. The van der Waals surface area contributed by atoms with Crippen LogP contribution in [-0.2, 0) is 21.2 Å². The van der Waals surface area contributed by atoms with Crippen LogP contribution in [0, 0.1) is 25.5 Å². The lowest BCUT2D eigenvalue weighted by molar-refractivity contribution is -0.122. The van der Waals surface area contributed by atoms with Crippen molar-refractivity contribution in [2.45, 2.75) is 25.2 Å². The van der Waals surface area contributed by atoms with Crippen LogP contribution in [0.4, 0.5) is 8.78 Å². The highest BCUT2D eigenvalue weighted by molar-refractivity contribution is 7.89. The van der Waals surface area contributed by atoms with Crippen molar-refractivity contribution in [1.29, 1.82) is 0 Å². The maximum Gasteiger partial charge on any atom is 0.243 e. The van der Waals surface area contributed by atoms with E-state index in [4.69, 9.17) is 0 Å². The van der Waals surface area contributed by atoms with E-state index < -0.39 is 21.7 Å². The number of benzene rings is 2.